The molecule has 1 aromatic carbocycles. The van der Waals surface area contributed by atoms with Crippen molar-refractivity contribution in [1.82, 2.24) is 24.6 Å². The normalized spacial score (nSPS) is 11.4. The SMILES string of the molecule is Cc1cc2ncc(-c3nc4ccccc4[nH]3)c(N)n2n1. The number of rotatable bonds is 1. The maximum Gasteiger partial charge on any atom is 0.157 e. The number of anilines is 1. The highest BCUT2D eigenvalue weighted by Gasteiger charge is 2.12. The van der Waals surface area contributed by atoms with Gasteiger partial charge in [-0.15, -0.1) is 0 Å². The quantitative estimate of drug-likeness (QED) is 0.551. The molecule has 0 radical (unpaired) electrons. The second-order valence-electron chi connectivity index (χ2n) is 4.72. The van der Waals surface area contributed by atoms with E-state index in [4.69, 9.17) is 5.73 Å². The summed E-state index contributed by atoms with van der Waals surface area (Å²) in [4.78, 5) is 12.2. The van der Waals surface area contributed by atoms with E-state index in [1.807, 2.05) is 37.3 Å². The van der Waals surface area contributed by atoms with Crippen LogP contribution in [-0.4, -0.2) is 24.6 Å². The number of aryl methyl sites for hydroxylation is 1. The average Bonchev–Trinajstić information content (AvgIpc) is 3.02. The lowest BCUT2D eigenvalue weighted by Gasteiger charge is -2.03. The molecule has 3 heterocycles. The van der Waals surface area contributed by atoms with Crippen LogP contribution in [0.4, 0.5) is 5.82 Å². The summed E-state index contributed by atoms with van der Waals surface area (Å²) in [5, 5.41) is 4.34. The van der Waals surface area contributed by atoms with Gasteiger partial charge in [-0.05, 0) is 19.1 Å². The molecule has 0 spiro atoms. The van der Waals surface area contributed by atoms with E-state index >= 15 is 0 Å². The minimum absolute atomic E-state index is 0.530. The van der Waals surface area contributed by atoms with Crippen LogP contribution in [0.2, 0.25) is 0 Å². The third-order valence-electron chi connectivity index (χ3n) is 3.29. The van der Waals surface area contributed by atoms with Crippen LogP contribution in [0.15, 0.2) is 36.5 Å². The summed E-state index contributed by atoms with van der Waals surface area (Å²) in [7, 11) is 0. The van der Waals surface area contributed by atoms with Crippen LogP contribution in [0.25, 0.3) is 28.1 Å². The highest BCUT2D eigenvalue weighted by molar-refractivity contribution is 5.81. The molecule has 0 aliphatic carbocycles. The van der Waals surface area contributed by atoms with E-state index < -0.39 is 0 Å². The van der Waals surface area contributed by atoms with Gasteiger partial charge < -0.3 is 10.7 Å². The lowest BCUT2D eigenvalue weighted by atomic mass is 10.3. The third-order valence-corrected chi connectivity index (χ3v) is 3.29. The van der Waals surface area contributed by atoms with Crippen LogP contribution in [-0.2, 0) is 0 Å². The Kier molecular flexibility index (Phi) is 2.09. The summed E-state index contributed by atoms with van der Waals surface area (Å²) < 4.78 is 1.64. The van der Waals surface area contributed by atoms with Crippen LogP contribution in [0.3, 0.4) is 0 Å². The van der Waals surface area contributed by atoms with Crippen LogP contribution in [0.5, 0.6) is 0 Å². The van der Waals surface area contributed by atoms with E-state index in [0.717, 1.165) is 27.9 Å². The maximum atomic E-state index is 6.19. The Morgan fingerprint density at radius 2 is 2.10 bits per heavy atom. The minimum Gasteiger partial charge on any atom is -0.383 e. The lowest BCUT2D eigenvalue weighted by molar-refractivity contribution is 0.929. The molecule has 0 atom stereocenters. The lowest BCUT2D eigenvalue weighted by Crippen LogP contribution is -2.03. The monoisotopic (exact) mass is 264 g/mol. The molecule has 6 nitrogen and oxygen atoms in total. The van der Waals surface area contributed by atoms with Gasteiger partial charge in [-0.3, -0.25) is 0 Å². The van der Waals surface area contributed by atoms with E-state index in [-0.39, 0.29) is 0 Å². The summed E-state index contributed by atoms with van der Waals surface area (Å²) in [5.74, 6) is 1.23. The molecule has 4 aromatic rings. The summed E-state index contributed by atoms with van der Waals surface area (Å²) >= 11 is 0. The smallest absolute Gasteiger partial charge is 0.157 e. The van der Waals surface area contributed by atoms with Crippen LogP contribution in [0, 0.1) is 6.92 Å². The van der Waals surface area contributed by atoms with Crippen molar-refractivity contribution in [2.75, 3.05) is 5.73 Å². The Morgan fingerprint density at radius 3 is 2.95 bits per heavy atom. The van der Waals surface area contributed by atoms with Crippen molar-refractivity contribution in [3.63, 3.8) is 0 Å². The summed E-state index contributed by atoms with van der Waals surface area (Å²) in [6.45, 7) is 1.91. The molecule has 0 amide bonds. The fourth-order valence-corrected chi connectivity index (χ4v) is 2.33. The predicted octanol–water partition coefficient (Wildman–Crippen LogP) is 2.16. The molecule has 0 unspecified atom stereocenters. The number of fused-ring (bicyclic) bond motifs is 2. The molecule has 20 heavy (non-hydrogen) atoms. The van der Waals surface area contributed by atoms with Crippen molar-refractivity contribution in [3.8, 4) is 11.4 Å². The Balaban J connectivity index is 1.99. The summed E-state index contributed by atoms with van der Waals surface area (Å²) in [6, 6.07) is 9.74. The Hall–Kier alpha value is -2.89. The molecule has 0 aliphatic rings. The van der Waals surface area contributed by atoms with E-state index in [2.05, 4.69) is 20.1 Å². The number of nitrogen functional groups attached to an aromatic ring is 1. The molecule has 6 heteroatoms. The van der Waals surface area contributed by atoms with Gasteiger partial charge in [0.15, 0.2) is 5.65 Å². The first-order chi connectivity index (χ1) is 9.72. The van der Waals surface area contributed by atoms with Gasteiger partial charge in [-0.1, -0.05) is 12.1 Å². The maximum absolute atomic E-state index is 6.19. The number of nitrogens with zero attached hydrogens (tertiary/aromatic N) is 4. The largest absolute Gasteiger partial charge is 0.383 e. The average molecular weight is 264 g/mol. The number of hydrogen-bond acceptors (Lipinski definition) is 4. The van der Waals surface area contributed by atoms with Crippen LogP contribution < -0.4 is 5.73 Å². The number of nitrogens with one attached hydrogen (secondary N) is 1. The number of imidazole rings is 1. The number of hydrogen-bond donors (Lipinski definition) is 2. The fourth-order valence-electron chi connectivity index (χ4n) is 2.33. The molecule has 0 saturated heterocycles. The second-order valence-corrected chi connectivity index (χ2v) is 4.72. The molecule has 98 valence electrons. The molecular weight excluding hydrogens is 252 g/mol. The molecule has 0 aliphatic heterocycles. The number of aromatic amines is 1. The Morgan fingerprint density at radius 1 is 1.25 bits per heavy atom. The zero-order valence-corrected chi connectivity index (χ0v) is 10.8. The molecule has 4 rings (SSSR count). The number of H-pyrrole nitrogens is 1. The van der Waals surface area contributed by atoms with E-state index in [1.54, 1.807) is 10.7 Å². The van der Waals surface area contributed by atoms with E-state index in [0.29, 0.717) is 11.6 Å². The zero-order chi connectivity index (χ0) is 13.7. The van der Waals surface area contributed by atoms with Gasteiger partial charge in [0.2, 0.25) is 0 Å². The van der Waals surface area contributed by atoms with Gasteiger partial charge >= 0.3 is 0 Å². The highest BCUT2D eigenvalue weighted by atomic mass is 15.3. The summed E-state index contributed by atoms with van der Waals surface area (Å²) in [5.41, 5.74) is 10.4. The summed E-state index contributed by atoms with van der Waals surface area (Å²) in [6.07, 6.45) is 1.73. The van der Waals surface area contributed by atoms with Gasteiger partial charge in [-0.2, -0.15) is 9.61 Å². The topological polar surface area (TPSA) is 84.9 Å². The van der Waals surface area contributed by atoms with Gasteiger partial charge in [0.1, 0.15) is 11.6 Å². The molecule has 0 saturated carbocycles. The first-order valence-corrected chi connectivity index (χ1v) is 6.28. The van der Waals surface area contributed by atoms with Gasteiger partial charge in [0.25, 0.3) is 0 Å². The minimum atomic E-state index is 0.530. The number of aromatic nitrogens is 5. The zero-order valence-electron chi connectivity index (χ0n) is 10.8. The van der Waals surface area contributed by atoms with Crippen molar-refractivity contribution in [2.24, 2.45) is 0 Å². The van der Waals surface area contributed by atoms with E-state index in [9.17, 15) is 0 Å². The molecule has 3 N–H and O–H groups in total. The van der Waals surface area contributed by atoms with Crippen molar-refractivity contribution in [2.45, 2.75) is 6.92 Å². The van der Waals surface area contributed by atoms with Gasteiger partial charge in [0, 0.05) is 12.3 Å². The van der Waals surface area contributed by atoms with Gasteiger partial charge in [-0.25, -0.2) is 9.97 Å². The Bertz CT molecular complexity index is 900. The molecule has 0 fully saturated rings. The van der Waals surface area contributed by atoms with Crippen LogP contribution >= 0.6 is 0 Å². The second kappa shape index (κ2) is 3.80. The molecule has 3 aromatic heterocycles. The van der Waals surface area contributed by atoms with Crippen molar-refractivity contribution in [1.29, 1.82) is 0 Å². The first kappa shape index (κ1) is 11.0. The standard InChI is InChI=1S/C14H12N6/c1-8-6-12-16-7-9(13(15)20(12)19-8)14-17-10-4-2-3-5-11(10)18-14/h2-7H,15H2,1H3,(H,17,18). The van der Waals surface area contributed by atoms with Crippen molar-refractivity contribution in [3.05, 3.63) is 42.2 Å². The first-order valence-electron chi connectivity index (χ1n) is 6.28. The highest BCUT2D eigenvalue weighted by Crippen LogP contribution is 2.25. The number of benzene rings is 1. The molecular formula is C14H12N6. The number of nitrogens with two attached hydrogens (primary N) is 1. The van der Waals surface area contributed by atoms with Crippen LogP contribution in [0.1, 0.15) is 5.69 Å². The van der Waals surface area contributed by atoms with E-state index in [1.165, 1.54) is 0 Å². The predicted molar refractivity (Wildman–Crippen MR) is 77.2 cm³/mol. The van der Waals surface area contributed by atoms with Crippen molar-refractivity contribution < 1.29 is 0 Å². The fraction of sp³-hybridized carbons (Fsp3) is 0.0714. The Labute approximate surface area is 114 Å². The number of para-hydroxylation sites is 2. The molecule has 0 bridgehead atoms. The van der Waals surface area contributed by atoms with Crippen molar-refractivity contribution >= 4 is 22.5 Å². The third kappa shape index (κ3) is 1.48. The van der Waals surface area contributed by atoms with Gasteiger partial charge in [0.05, 0.1) is 22.3 Å².